The third-order valence-corrected chi connectivity index (χ3v) is 2.39. The van der Waals surface area contributed by atoms with Crippen molar-refractivity contribution in [2.75, 3.05) is 5.32 Å². The fraction of sp³-hybridized carbons (Fsp3) is 0.600. The lowest BCUT2D eigenvalue weighted by molar-refractivity contribution is 0.883. The van der Waals surface area contributed by atoms with Crippen molar-refractivity contribution in [2.24, 2.45) is 5.14 Å². The molecule has 0 fully saturated rings. The smallest absolute Gasteiger partial charge is 0.206 e. The average Bonchev–Trinajstić information content (AvgIpc) is 2.34. The van der Waals surface area contributed by atoms with Crippen LogP contribution in [0, 0.1) is 0 Å². The van der Waals surface area contributed by atoms with Crippen LogP contribution in [0.2, 0.25) is 0 Å². The molecule has 0 radical (unpaired) electrons. The van der Waals surface area contributed by atoms with E-state index in [2.05, 4.69) is 29.4 Å². The minimum atomic E-state index is 0.388. The van der Waals surface area contributed by atoms with Gasteiger partial charge in [-0.05, 0) is 25.8 Å². The van der Waals surface area contributed by atoms with Gasteiger partial charge in [-0.2, -0.15) is 0 Å². The number of rotatable bonds is 3. The van der Waals surface area contributed by atoms with E-state index in [1.807, 2.05) is 0 Å². The maximum Gasteiger partial charge on any atom is 0.206 e. The minimum absolute atomic E-state index is 0.388. The monoisotopic (exact) mass is 190 g/mol. The molecule has 0 spiro atoms. The summed E-state index contributed by atoms with van der Waals surface area (Å²) in [5.74, 6) is 0. The second-order valence-corrected chi connectivity index (χ2v) is 4.15. The Morgan fingerprint density at radius 2 is 2.27 bits per heavy atom. The number of nitrogens with zero attached hydrogens (tertiary/aromatic N) is 2. The molecule has 0 unspecified atom stereocenters. The Balaban J connectivity index is 2.58. The number of hydrogen-bond donors (Lipinski definition) is 2. The van der Waals surface area contributed by atoms with Gasteiger partial charge in [-0.25, -0.2) is 0 Å². The molecule has 0 aromatic carbocycles. The standard InChI is InChI=1S/C5H10N4S2/c1-3(2)7-4-8-9-5(10-4)11-6/h3H,6H2,1-2H3,(H,7,8). The van der Waals surface area contributed by atoms with Crippen LogP contribution in [0.4, 0.5) is 5.13 Å². The van der Waals surface area contributed by atoms with E-state index in [1.54, 1.807) is 0 Å². The maximum atomic E-state index is 5.29. The predicted molar refractivity (Wildman–Crippen MR) is 48.7 cm³/mol. The van der Waals surface area contributed by atoms with E-state index in [1.165, 1.54) is 11.3 Å². The molecule has 1 aromatic heterocycles. The van der Waals surface area contributed by atoms with Gasteiger partial charge >= 0.3 is 0 Å². The van der Waals surface area contributed by atoms with Crippen LogP contribution >= 0.6 is 23.3 Å². The Labute approximate surface area is 73.7 Å². The maximum absolute atomic E-state index is 5.29. The van der Waals surface area contributed by atoms with E-state index >= 15 is 0 Å². The van der Waals surface area contributed by atoms with Gasteiger partial charge in [0.15, 0.2) is 4.34 Å². The summed E-state index contributed by atoms with van der Waals surface area (Å²) in [5.41, 5.74) is 0. The van der Waals surface area contributed by atoms with Crippen LogP contribution < -0.4 is 10.5 Å². The molecule has 1 aromatic rings. The first-order valence-corrected chi connectivity index (χ1v) is 4.88. The molecule has 1 heterocycles. The molecule has 0 amide bonds. The van der Waals surface area contributed by atoms with Gasteiger partial charge in [-0.1, -0.05) is 11.3 Å². The number of hydrogen-bond acceptors (Lipinski definition) is 6. The lowest BCUT2D eigenvalue weighted by atomic mass is 10.4. The van der Waals surface area contributed by atoms with Gasteiger partial charge in [0.05, 0.1) is 0 Å². The summed E-state index contributed by atoms with van der Waals surface area (Å²) in [6.45, 7) is 4.10. The second-order valence-electron chi connectivity index (χ2n) is 2.29. The molecule has 0 aliphatic rings. The summed E-state index contributed by atoms with van der Waals surface area (Å²) in [6.07, 6.45) is 0. The molecule has 62 valence electrons. The zero-order chi connectivity index (χ0) is 8.27. The minimum Gasteiger partial charge on any atom is -0.358 e. The van der Waals surface area contributed by atoms with Crippen molar-refractivity contribution >= 4 is 28.4 Å². The molecule has 6 heteroatoms. The van der Waals surface area contributed by atoms with E-state index < -0.39 is 0 Å². The SMILES string of the molecule is CC(C)Nc1nnc(SN)s1. The van der Waals surface area contributed by atoms with Gasteiger partial charge in [-0.15, -0.1) is 10.2 Å². The number of nitrogens with two attached hydrogens (primary N) is 1. The average molecular weight is 190 g/mol. The fourth-order valence-electron chi connectivity index (χ4n) is 0.563. The molecule has 0 aliphatic heterocycles. The van der Waals surface area contributed by atoms with E-state index in [4.69, 9.17) is 5.14 Å². The Hall–Kier alpha value is -0.330. The lowest BCUT2D eigenvalue weighted by Crippen LogP contribution is -2.08. The normalized spacial score (nSPS) is 10.5. The summed E-state index contributed by atoms with van der Waals surface area (Å²) in [5, 5.41) is 17.0. The van der Waals surface area contributed by atoms with Gasteiger partial charge < -0.3 is 5.32 Å². The molecule has 0 atom stereocenters. The summed E-state index contributed by atoms with van der Waals surface area (Å²) >= 11 is 2.59. The molecule has 4 nitrogen and oxygen atoms in total. The van der Waals surface area contributed by atoms with Crippen LogP contribution in [-0.2, 0) is 0 Å². The van der Waals surface area contributed by atoms with Crippen LogP contribution in [0.5, 0.6) is 0 Å². The molecule has 3 N–H and O–H groups in total. The number of anilines is 1. The van der Waals surface area contributed by atoms with Crippen molar-refractivity contribution < 1.29 is 0 Å². The highest BCUT2D eigenvalue weighted by Gasteiger charge is 2.02. The Morgan fingerprint density at radius 1 is 1.55 bits per heavy atom. The van der Waals surface area contributed by atoms with Gasteiger partial charge in [0, 0.05) is 6.04 Å². The highest BCUT2D eigenvalue weighted by atomic mass is 32.2. The first-order valence-electron chi connectivity index (χ1n) is 3.19. The van der Waals surface area contributed by atoms with Crippen LogP contribution in [0.15, 0.2) is 4.34 Å². The summed E-state index contributed by atoms with van der Waals surface area (Å²) < 4.78 is 0.785. The lowest BCUT2D eigenvalue weighted by Gasteiger charge is -2.02. The van der Waals surface area contributed by atoms with E-state index in [0.717, 1.165) is 21.4 Å². The van der Waals surface area contributed by atoms with Gasteiger partial charge in [0.1, 0.15) is 0 Å². The van der Waals surface area contributed by atoms with Crippen molar-refractivity contribution in [3.63, 3.8) is 0 Å². The van der Waals surface area contributed by atoms with Crippen molar-refractivity contribution in [3.8, 4) is 0 Å². The molecule has 0 saturated carbocycles. The molecule has 11 heavy (non-hydrogen) atoms. The summed E-state index contributed by atoms with van der Waals surface area (Å²) in [6, 6.07) is 0.388. The molecule has 1 rings (SSSR count). The van der Waals surface area contributed by atoms with Crippen molar-refractivity contribution in [3.05, 3.63) is 0 Å². The fourth-order valence-corrected chi connectivity index (χ4v) is 1.70. The van der Waals surface area contributed by atoms with E-state index in [-0.39, 0.29) is 0 Å². The Morgan fingerprint density at radius 3 is 2.73 bits per heavy atom. The zero-order valence-electron chi connectivity index (χ0n) is 6.37. The highest BCUT2D eigenvalue weighted by Crippen LogP contribution is 2.21. The number of nitrogens with one attached hydrogen (secondary N) is 1. The first-order chi connectivity index (χ1) is 5.22. The quantitative estimate of drug-likeness (QED) is 0.704. The van der Waals surface area contributed by atoms with Crippen LogP contribution in [0.1, 0.15) is 13.8 Å². The van der Waals surface area contributed by atoms with Crippen molar-refractivity contribution in [1.29, 1.82) is 0 Å². The number of aromatic nitrogens is 2. The molecule has 0 aliphatic carbocycles. The van der Waals surface area contributed by atoms with Crippen LogP contribution in [0.3, 0.4) is 0 Å². The summed E-state index contributed by atoms with van der Waals surface area (Å²) in [4.78, 5) is 0. The molecule has 0 bridgehead atoms. The molecular weight excluding hydrogens is 180 g/mol. The molecular formula is C5H10N4S2. The van der Waals surface area contributed by atoms with Gasteiger partial charge in [0.2, 0.25) is 5.13 Å². The van der Waals surface area contributed by atoms with Crippen molar-refractivity contribution in [2.45, 2.75) is 24.2 Å². The Kier molecular flexibility index (Phi) is 3.10. The third kappa shape index (κ3) is 2.64. The topological polar surface area (TPSA) is 63.8 Å². The Bertz CT molecular complexity index is 222. The zero-order valence-corrected chi connectivity index (χ0v) is 8.00. The van der Waals surface area contributed by atoms with E-state index in [9.17, 15) is 0 Å². The van der Waals surface area contributed by atoms with E-state index in [0.29, 0.717) is 6.04 Å². The largest absolute Gasteiger partial charge is 0.358 e. The predicted octanol–water partition coefficient (Wildman–Crippen LogP) is 1.32. The van der Waals surface area contributed by atoms with Crippen LogP contribution in [-0.4, -0.2) is 16.2 Å². The van der Waals surface area contributed by atoms with Crippen LogP contribution in [0.25, 0.3) is 0 Å². The third-order valence-electron chi connectivity index (χ3n) is 0.919. The van der Waals surface area contributed by atoms with Gasteiger partial charge in [0.25, 0.3) is 0 Å². The molecule has 0 saturated heterocycles. The highest BCUT2D eigenvalue weighted by molar-refractivity contribution is 7.98. The van der Waals surface area contributed by atoms with Gasteiger partial charge in [-0.3, -0.25) is 5.14 Å². The summed E-state index contributed by atoms with van der Waals surface area (Å²) in [7, 11) is 0. The first kappa shape index (κ1) is 8.76. The van der Waals surface area contributed by atoms with Crippen molar-refractivity contribution in [1.82, 2.24) is 10.2 Å². The second kappa shape index (κ2) is 3.89.